The van der Waals surface area contributed by atoms with Crippen LogP contribution in [0.15, 0.2) is 46.9 Å². The molecule has 0 amide bonds. The van der Waals surface area contributed by atoms with Crippen molar-refractivity contribution in [3.05, 3.63) is 58.1 Å². The van der Waals surface area contributed by atoms with Crippen LogP contribution in [0.2, 0.25) is 0 Å². The molecule has 1 fully saturated rings. The van der Waals surface area contributed by atoms with Gasteiger partial charge in [0.15, 0.2) is 5.11 Å². The molecular formula is C20H24BrN3S. The minimum atomic E-state index is 0.157. The van der Waals surface area contributed by atoms with E-state index in [0.29, 0.717) is 5.11 Å². The maximum absolute atomic E-state index is 5.46. The van der Waals surface area contributed by atoms with Gasteiger partial charge in [-0.05, 0) is 80.4 Å². The van der Waals surface area contributed by atoms with E-state index in [0.717, 1.165) is 10.2 Å². The van der Waals surface area contributed by atoms with Crippen LogP contribution in [-0.2, 0) is 0 Å². The molecule has 1 aliphatic heterocycles. The molecule has 1 atom stereocenters. The van der Waals surface area contributed by atoms with E-state index in [1.54, 1.807) is 0 Å². The van der Waals surface area contributed by atoms with E-state index in [-0.39, 0.29) is 6.04 Å². The highest BCUT2D eigenvalue weighted by atomic mass is 79.9. The first-order valence-corrected chi connectivity index (χ1v) is 9.91. The molecular weight excluding hydrogens is 394 g/mol. The number of nitrogens with one attached hydrogen (secondary N) is 2. The molecule has 1 heterocycles. The quantitative estimate of drug-likeness (QED) is 0.650. The topological polar surface area (TPSA) is 27.3 Å². The van der Waals surface area contributed by atoms with Crippen LogP contribution in [0.3, 0.4) is 0 Å². The van der Waals surface area contributed by atoms with Gasteiger partial charge in [0, 0.05) is 28.9 Å². The minimum Gasteiger partial charge on any atom is -0.372 e. The zero-order valence-electron chi connectivity index (χ0n) is 14.7. The Labute approximate surface area is 163 Å². The Hall–Kier alpha value is -1.59. The Morgan fingerprint density at radius 1 is 1.12 bits per heavy atom. The molecule has 0 aliphatic carbocycles. The highest BCUT2D eigenvalue weighted by molar-refractivity contribution is 9.10. The summed E-state index contributed by atoms with van der Waals surface area (Å²) in [5.74, 6) is 0. The Kier molecular flexibility index (Phi) is 5.97. The van der Waals surface area contributed by atoms with E-state index in [9.17, 15) is 0 Å². The lowest BCUT2D eigenvalue weighted by atomic mass is 10.1. The van der Waals surface area contributed by atoms with Gasteiger partial charge in [-0.15, -0.1) is 0 Å². The van der Waals surface area contributed by atoms with Crippen LogP contribution in [0.5, 0.6) is 0 Å². The first-order valence-electron chi connectivity index (χ1n) is 8.71. The highest BCUT2D eigenvalue weighted by Gasteiger charge is 2.13. The summed E-state index contributed by atoms with van der Waals surface area (Å²) in [6.07, 6.45) is 2.60. The molecule has 2 aromatic carbocycles. The van der Waals surface area contributed by atoms with Gasteiger partial charge in [-0.1, -0.05) is 28.1 Å². The van der Waals surface area contributed by atoms with E-state index in [4.69, 9.17) is 12.2 Å². The van der Waals surface area contributed by atoms with Crippen LogP contribution in [0, 0.1) is 6.92 Å². The molecule has 0 radical (unpaired) electrons. The van der Waals surface area contributed by atoms with Crippen molar-refractivity contribution in [1.29, 1.82) is 0 Å². The summed E-state index contributed by atoms with van der Waals surface area (Å²) in [5.41, 5.74) is 4.73. The van der Waals surface area contributed by atoms with Gasteiger partial charge in [-0.3, -0.25) is 0 Å². The Morgan fingerprint density at radius 3 is 2.44 bits per heavy atom. The van der Waals surface area contributed by atoms with E-state index < -0.39 is 0 Å². The van der Waals surface area contributed by atoms with Gasteiger partial charge in [-0.25, -0.2) is 0 Å². The monoisotopic (exact) mass is 417 g/mol. The summed E-state index contributed by atoms with van der Waals surface area (Å²) in [5, 5.41) is 7.26. The molecule has 0 unspecified atom stereocenters. The zero-order chi connectivity index (χ0) is 17.8. The van der Waals surface area contributed by atoms with Crippen molar-refractivity contribution in [3.63, 3.8) is 0 Å². The minimum absolute atomic E-state index is 0.157. The average molecular weight is 418 g/mol. The summed E-state index contributed by atoms with van der Waals surface area (Å²) in [6.45, 7) is 6.55. The van der Waals surface area contributed by atoms with Crippen molar-refractivity contribution >= 4 is 44.6 Å². The van der Waals surface area contributed by atoms with Crippen molar-refractivity contribution in [2.24, 2.45) is 0 Å². The van der Waals surface area contributed by atoms with Crippen LogP contribution in [-0.4, -0.2) is 18.2 Å². The lowest BCUT2D eigenvalue weighted by Gasteiger charge is -2.20. The number of thiocarbonyl (C=S) groups is 1. The molecule has 132 valence electrons. The van der Waals surface area contributed by atoms with Crippen molar-refractivity contribution in [3.8, 4) is 0 Å². The molecule has 2 aromatic rings. The molecule has 0 bridgehead atoms. The first-order chi connectivity index (χ1) is 12.0. The van der Waals surface area contributed by atoms with E-state index in [1.165, 1.54) is 42.7 Å². The van der Waals surface area contributed by atoms with Crippen LogP contribution < -0.4 is 15.5 Å². The first kappa shape index (κ1) is 18.2. The summed E-state index contributed by atoms with van der Waals surface area (Å²) in [4.78, 5) is 2.45. The largest absolute Gasteiger partial charge is 0.372 e. The second kappa shape index (κ2) is 8.19. The summed E-state index contributed by atoms with van der Waals surface area (Å²) >= 11 is 8.98. The number of halogens is 1. The molecule has 0 aromatic heterocycles. The van der Waals surface area contributed by atoms with E-state index in [2.05, 4.69) is 75.6 Å². The third-order valence-corrected chi connectivity index (χ3v) is 5.74. The zero-order valence-corrected chi connectivity index (χ0v) is 17.1. The van der Waals surface area contributed by atoms with Crippen molar-refractivity contribution in [1.82, 2.24) is 5.32 Å². The summed E-state index contributed by atoms with van der Waals surface area (Å²) in [7, 11) is 0. The Bertz CT molecular complexity index is 739. The maximum atomic E-state index is 5.46. The molecule has 25 heavy (non-hydrogen) atoms. The molecule has 3 rings (SSSR count). The smallest absolute Gasteiger partial charge is 0.171 e. The average Bonchev–Trinajstić information content (AvgIpc) is 3.13. The number of rotatable bonds is 4. The van der Waals surface area contributed by atoms with Gasteiger partial charge in [0.2, 0.25) is 0 Å². The third kappa shape index (κ3) is 4.73. The van der Waals surface area contributed by atoms with Gasteiger partial charge in [0.1, 0.15) is 0 Å². The number of hydrogen-bond donors (Lipinski definition) is 2. The third-order valence-electron chi connectivity index (χ3n) is 4.63. The van der Waals surface area contributed by atoms with Crippen molar-refractivity contribution in [2.45, 2.75) is 32.7 Å². The fraction of sp³-hybridized carbons (Fsp3) is 0.350. The number of nitrogens with zero attached hydrogens (tertiary/aromatic N) is 1. The van der Waals surface area contributed by atoms with Gasteiger partial charge < -0.3 is 15.5 Å². The maximum Gasteiger partial charge on any atom is 0.171 e. The molecule has 1 aliphatic rings. The van der Waals surface area contributed by atoms with Gasteiger partial charge in [0.25, 0.3) is 0 Å². The Balaban J connectivity index is 1.58. The lowest BCUT2D eigenvalue weighted by Crippen LogP contribution is -2.31. The van der Waals surface area contributed by atoms with Crippen molar-refractivity contribution < 1.29 is 0 Å². The second-order valence-electron chi connectivity index (χ2n) is 6.57. The van der Waals surface area contributed by atoms with E-state index in [1.807, 2.05) is 12.1 Å². The summed E-state index contributed by atoms with van der Waals surface area (Å²) < 4.78 is 1.10. The standard InChI is InChI=1S/C20H24BrN3S/c1-14-13-17(7-10-19(14)21)23-20(25)22-15(2)16-5-8-18(9-6-16)24-11-3-4-12-24/h5-10,13,15H,3-4,11-12H2,1-2H3,(H2,22,23,25)/t15-/m0/s1. The van der Waals surface area contributed by atoms with Gasteiger partial charge in [-0.2, -0.15) is 0 Å². The number of aryl methyl sites for hydroxylation is 1. The Morgan fingerprint density at radius 2 is 1.80 bits per heavy atom. The van der Waals surface area contributed by atoms with E-state index >= 15 is 0 Å². The summed E-state index contributed by atoms with van der Waals surface area (Å²) in [6, 6.07) is 15.1. The molecule has 0 spiro atoms. The van der Waals surface area contributed by atoms with Crippen LogP contribution in [0.4, 0.5) is 11.4 Å². The normalized spacial score (nSPS) is 15.1. The SMILES string of the molecule is Cc1cc(NC(=S)N[C@@H](C)c2ccc(N3CCCC3)cc2)ccc1Br. The van der Waals surface area contributed by atoms with Gasteiger partial charge in [0.05, 0.1) is 6.04 Å². The van der Waals surface area contributed by atoms with Crippen LogP contribution >= 0.6 is 28.1 Å². The molecule has 5 heteroatoms. The van der Waals surface area contributed by atoms with Gasteiger partial charge >= 0.3 is 0 Å². The van der Waals surface area contributed by atoms with Crippen LogP contribution in [0.25, 0.3) is 0 Å². The number of benzene rings is 2. The fourth-order valence-electron chi connectivity index (χ4n) is 3.12. The van der Waals surface area contributed by atoms with Crippen LogP contribution in [0.1, 0.15) is 36.9 Å². The fourth-order valence-corrected chi connectivity index (χ4v) is 3.66. The number of anilines is 2. The predicted octanol–water partition coefficient (Wildman–Crippen LogP) is 5.41. The molecule has 1 saturated heterocycles. The molecule has 3 nitrogen and oxygen atoms in total. The molecule has 2 N–H and O–H groups in total. The molecule has 0 saturated carbocycles. The predicted molar refractivity (Wildman–Crippen MR) is 115 cm³/mol. The van der Waals surface area contributed by atoms with Crippen molar-refractivity contribution in [2.75, 3.05) is 23.3 Å². The second-order valence-corrected chi connectivity index (χ2v) is 7.83. The highest BCUT2D eigenvalue weighted by Crippen LogP contribution is 2.23. The number of hydrogen-bond acceptors (Lipinski definition) is 2. The lowest BCUT2D eigenvalue weighted by molar-refractivity contribution is 0.722.